The molecular formula is C25H25N3O5S. The average Bonchev–Trinajstić information content (AvgIpc) is 3.36. The van der Waals surface area contributed by atoms with Crippen LogP contribution < -0.4 is 19.9 Å². The third-order valence-electron chi connectivity index (χ3n) is 5.62. The van der Waals surface area contributed by atoms with Crippen LogP contribution in [0.2, 0.25) is 0 Å². The predicted octanol–water partition coefficient (Wildman–Crippen LogP) is 3.17. The third-order valence-corrected chi connectivity index (χ3v) is 6.56. The Morgan fingerprint density at radius 2 is 1.94 bits per heavy atom. The summed E-state index contributed by atoms with van der Waals surface area (Å²) in [5.74, 6) is -1.00. The van der Waals surface area contributed by atoms with Crippen LogP contribution in [0.1, 0.15) is 20.8 Å². The number of nitrogens with zero attached hydrogens (tertiary/aromatic N) is 2. The van der Waals surface area contributed by atoms with Gasteiger partial charge >= 0.3 is 5.97 Å². The normalized spacial score (nSPS) is 13.0. The van der Waals surface area contributed by atoms with Crippen molar-refractivity contribution >= 4 is 40.5 Å². The van der Waals surface area contributed by atoms with Crippen molar-refractivity contribution in [2.75, 3.05) is 36.5 Å². The number of carbonyl (C=O) groups is 3. The molecule has 3 aromatic rings. The van der Waals surface area contributed by atoms with Gasteiger partial charge in [-0.25, -0.2) is 4.79 Å². The lowest BCUT2D eigenvalue weighted by Crippen LogP contribution is -2.50. The number of carbonyl (C=O) groups excluding carboxylic acids is 2. The van der Waals surface area contributed by atoms with Gasteiger partial charge in [-0.05, 0) is 42.1 Å². The van der Waals surface area contributed by atoms with Crippen LogP contribution >= 0.6 is 11.3 Å². The van der Waals surface area contributed by atoms with Gasteiger partial charge in [-0.1, -0.05) is 24.3 Å². The van der Waals surface area contributed by atoms with Crippen molar-refractivity contribution < 1.29 is 24.2 Å². The summed E-state index contributed by atoms with van der Waals surface area (Å²) in [7, 11) is 1.57. The molecule has 2 aromatic carbocycles. The number of nitrogens with one attached hydrogen (secondary N) is 1. The van der Waals surface area contributed by atoms with Crippen LogP contribution in [0.3, 0.4) is 0 Å². The van der Waals surface area contributed by atoms with Crippen molar-refractivity contribution in [2.24, 2.45) is 0 Å². The van der Waals surface area contributed by atoms with Gasteiger partial charge in [0.1, 0.15) is 12.3 Å². The van der Waals surface area contributed by atoms with E-state index in [1.165, 1.54) is 21.9 Å². The Morgan fingerprint density at radius 1 is 1.12 bits per heavy atom. The number of hydrogen-bond donors (Lipinski definition) is 2. The molecule has 1 aromatic heterocycles. The summed E-state index contributed by atoms with van der Waals surface area (Å²) in [4.78, 5) is 41.9. The first-order chi connectivity index (χ1) is 16.5. The smallest absolute Gasteiger partial charge is 0.335 e. The number of para-hydroxylation sites is 1. The van der Waals surface area contributed by atoms with Gasteiger partial charge in [-0.15, -0.1) is 11.3 Å². The van der Waals surface area contributed by atoms with Crippen molar-refractivity contribution in [1.29, 1.82) is 0 Å². The number of aromatic carboxylic acids is 1. The molecule has 0 saturated carbocycles. The molecule has 9 heteroatoms. The molecule has 2 heterocycles. The topological polar surface area (TPSA) is 99.2 Å². The number of fused-ring (bicyclic) bond motifs is 1. The van der Waals surface area contributed by atoms with E-state index in [-0.39, 0.29) is 37.0 Å². The third kappa shape index (κ3) is 5.11. The van der Waals surface area contributed by atoms with Crippen molar-refractivity contribution in [3.63, 3.8) is 0 Å². The van der Waals surface area contributed by atoms with E-state index in [0.29, 0.717) is 23.7 Å². The number of hydrogen-bond acceptors (Lipinski definition) is 6. The zero-order valence-electron chi connectivity index (χ0n) is 18.7. The van der Waals surface area contributed by atoms with Crippen molar-refractivity contribution in [3.05, 3.63) is 76.0 Å². The fourth-order valence-electron chi connectivity index (χ4n) is 3.90. The van der Waals surface area contributed by atoms with Gasteiger partial charge in [0.2, 0.25) is 11.8 Å². The fraction of sp³-hybridized carbons (Fsp3) is 0.240. The lowest BCUT2D eigenvalue weighted by molar-refractivity contribution is -0.122. The fourth-order valence-corrected chi connectivity index (χ4v) is 4.61. The van der Waals surface area contributed by atoms with E-state index in [1.807, 2.05) is 41.8 Å². The molecule has 0 atom stereocenters. The molecule has 0 aliphatic carbocycles. The molecule has 0 unspecified atom stereocenters. The van der Waals surface area contributed by atoms with Crippen molar-refractivity contribution in [2.45, 2.75) is 13.0 Å². The second kappa shape index (κ2) is 10.5. The number of amides is 2. The first-order valence-corrected chi connectivity index (χ1v) is 11.7. The Balaban J connectivity index is 1.56. The zero-order valence-corrected chi connectivity index (χ0v) is 19.5. The lowest BCUT2D eigenvalue weighted by atomic mass is 10.1. The molecule has 4 rings (SSSR count). The van der Waals surface area contributed by atoms with Gasteiger partial charge in [0.05, 0.1) is 37.1 Å². The SMILES string of the molecule is COc1ccccc1CN1C(=O)CN(C(=O)CNCCc2cccs2)c2cc(C(=O)O)ccc21. The van der Waals surface area contributed by atoms with E-state index in [4.69, 9.17) is 4.74 Å². The van der Waals surface area contributed by atoms with Gasteiger partial charge in [-0.2, -0.15) is 0 Å². The molecule has 1 aliphatic heterocycles. The van der Waals surface area contributed by atoms with E-state index in [0.717, 1.165) is 12.0 Å². The highest BCUT2D eigenvalue weighted by atomic mass is 32.1. The average molecular weight is 480 g/mol. The summed E-state index contributed by atoms with van der Waals surface area (Å²) in [6, 6.07) is 15.9. The molecule has 8 nitrogen and oxygen atoms in total. The van der Waals surface area contributed by atoms with Gasteiger partial charge in [-0.3, -0.25) is 14.5 Å². The van der Waals surface area contributed by atoms with Crippen LogP contribution in [0.25, 0.3) is 0 Å². The number of thiophene rings is 1. The highest BCUT2D eigenvalue weighted by Gasteiger charge is 2.33. The standard InChI is InChI=1S/C25H25N3O5S/c1-33-22-7-3-2-5-18(22)15-27-20-9-8-17(25(31)32)13-21(20)28(16-24(27)30)23(29)14-26-11-10-19-6-4-12-34-19/h2-9,12-13,26H,10-11,14-16H2,1H3,(H,31,32). The highest BCUT2D eigenvalue weighted by Crippen LogP contribution is 2.36. The number of benzene rings is 2. The molecule has 2 N–H and O–H groups in total. The van der Waals surface area contributed by atoms with E-state index in [2.05, 4.69) is 5.32 Å². The number of methoxy groups -OCH3 is 1. The summed E-state index contributed by atoms with van der Waals surface area (Å²) in [5, 5.41) is 14.6. The largest absolute Gasteiger partial charge is 0.496 e. The van der Waals surface area contributed by atoms with Crippen molar-refractivity contribution in [1.82, 2.24) is 5.32 Å². The van der Waals surface area contributed by atoms with Gasteiger partial charge in [0.25, 0.3) is 0 Å². The van der Waals surface area contributed by atoms with Gasteiger partial charge in [0.15, 0.2) is 0 Å². The number of carboxylic acids is 1. The minimum absolute atomic E-state index is 0.0436. The lowest BCUT2D eigenvalue weighted by Gasteiger charge is -2.36. The van der Waals surface area contributed by atoms with Crippen LogP contribution in [-0.4, -0.2) is 49.6 Å². The van der Waals surface area contributed by atoms with Crippen molar-refractivity contribution in [3.8, 4) is 5.75 Å². The molecule has 34 heavy (non-hydrogen) atoms. The number of rotatable bonds is 9. The minimum Gasteiger partial charge on any atom is -0.496 e. The van der Waals surface area contributed by atoms with E-state index >= 15 is 0 Å². The summed E-state index contributed by atoms with van der Waals surface area (Å²) >= 11 is 1.66. The zero-order chi connectivity index (χ0) is 24.1. The Hall–Kier alpha value is -3.69. The Labute approximate surface area is 201 Å². The Kier molecular flexibility index (Phi) is 7.24. The molecule has 0 radical (unpaired) electrons. The monoisotopic (exact) mass is 479 g/mol. The molecule has 0 bridgehead atoms. The molecule has 0 fully saturated rings. The molecule has 0 saturated heterocycles. The van der Waals surface area contributed by atoms with E-state index in [1.54, 1.807) is 29.4 Å². The summed E-state index contributed by atoms with van der Waals surface area (Å²) in [5.41, 5.74) is 1.74. The van der Waals surface area contributed by atoms with E-state index < -0.39 is 5.97 Å². The number of ether oxygens (including phenoxy) is 1. The molecule has 1 aliphatic rings. The molecule has 2 amide bonds. The van der Waals surface area contributed by atoms with Crippen LogP contribution in [-0.2, 0) is 22.6 Å². The maximum Gasteiger partial charge on any atom is 0.335 e. The first kappa shape index (κ1) is 23.5. The minimum atomic E-state index is -1.10. The maximum absolute atomic E-state index is 13.1. The maximum atomic E-state index is 13.1. The Morgan fingerprint density at radius 3 is 2.68 bits per heavy atom. The summed E-state index contributed by atoms with van der Waals surface area (Å²) in [6.07, 6.45) is 0.802. The second-order valence-electron chi connectivity index (χ2n) is 7.79. The second-order valence-corrected chi connectivity index (χ2v) is 8.82. The summed E-state index contributed by atoms with van der Waals surface area (Å²) < 4.78 is 5.41. The van der Waals surface area contributed by atoms with E-state index in [9.17, 15) is 19.5 Å². The predicted molar refractivity (Wildman–Crippen MR) is 131 cm³/mol. The van der Waals surface area contributed by atoms with Crippen LogP contribution in [0.15, 0.2) is 60.0 Å². The number of carboxylic acid groups (broad SMARTS) is 1. The van der Waals surface area contributed by atoms with Crippen LogP contribution in [0.4, 0.5) is 11.4 Å². The summed E-state index contributed by atoms with van der Waals surface area (Å²) in [6.45, 7) is 0.734. The van der Waals surface area contributed by atoms with Crippen LogP contribution in [0.5, 0.6) is 5.75 Å². The van der Waals surface area contributed by atoms with Crippen LogP contribution in [0, 0.1) is 0 Å². The van der Waals surface area contributed by atoms with Gasteiger partial charge < -0.3 is 20.1 Å². The number of anilines is 2. The highest BCUT2D eigenvalue weighted by molar-refractivity contribution is 7.09. The molecule has 0 spiro atoms. The quantitative estimate of drug-likeness (QED) is 0.458. The van der Waals surface area contributed by atoms with Gasteiger partial charge in [0, 0.05) is 17.0 Å². The first-order valence-electron chi connectivity index (χ1n) is 10.8. The Bertz CT molecular complexity index is 1200. The molecule has 176 valence electrons. The molecular weight excluding hydrogens is 454 g/mol.